The number of rotatable bonds is 6. The first-order chi connectivity index (χ1) is 17.1. The number of aromatic nitrogens is 1. The third-order valence-corrected chi connectivity index (χ3v) is 8.07. The van der Waals surface area contributed by atoms with E-state index in [0.29, 0.717) is 17.0 Å². The summed E-state index contributed by atoms with van der Waals surface area (Å²) in [4.78, 5) is 4.87. The quantitative estimate of drug-likeness (QED) is 0.266. The summed E-state index contributed by atoms with van der Waals surface area (Å²) in [6.45, 7) is 0.353. The Hall–Kier alpha value is -4.40. The molecule has 0 aliphatic heterocycles. The summed E-state index contributed by atoms with van der Waals surface area (Å²) >= 11 is 0. The van der Waals surface area contributed by atoms with Gasteiger partial charge in [-0.25, -0.2) is 4.21 Å². The average Bonchev–Trinajstić information content (AvgIpc) is 2.92. The van der Waals surface area contributed by atoms with Gasteiger partial charge in [-0.15, -0.1) is 0 Å². The molecule has 0 spiro atoms. The van der Waals surface area contributed by atoms with E-state index < -0.39 is 9.71 Å². The van der Waals surface area contributed by atoms with Crippen molar-refractivity contribution in [1.29, 1.82) is 5.26 Å². The minimum absolute atomic E-state index is 0.353. The van der Waals surface area contributed by atoms with E-state index in [1.165, 1.54) is 0 Å². The van der Waals surface area contributed by atoms with Gasteiger partial charge in [0, 0.05) is 22.9 Å². The molecule has 0 saturated heterocycles. The number of hydrogen-bond acceptors (Lipinski definition) is 3. The van der Waals surface area contributed by atoms with Crippen LogP contribution in [-0.2, 0) is 16.3 Å². The highest BCUT2D eigenvalue weighted by atomic mass is 32.2. The molecule has 5 heteroatoms. The molecule has 1 heterocycles. The molecule has 0 fully saturated rings. The third kappa shape index (κ3) is 4.40. The zero-order chi connectivity index (χ0) is 24.3. The molecule has 0 amide bonds. The van der Waals surface area contributed by atoms with E-state index in [4.69, 9.17) is 0 Å². The Morgan fingerprint density at radius 2 is 1.63 bits per heavy atom. The first-order valence-corrected chi connectivity index (χ1v) is 12.9. The predicted molar refractivity (Wildman–Crippen MR) is 144 cm³/mol. The molecule has 4 nitrogen and oxygen atoms in total. The minimum Gasteiger partial charge on any atom is -0.291 e. The fourth-order valence-corrected chi connectivity index (χ4v) is 5.90. The van der Waals surface area contributed by atoms with Gasteiger partial charge in [0.25, 0.3) is 0 Å². The number of benzene rings is 4. The van der Waals surface area contributed by atoms with Crippen molar-refractivity contribution in [2.24, 2.45) is 0 Å². The summed E-state index contributed by atoms with van der Waals surface area (Å²) in [7, 11) is -2.89. The molecule has 0 aliphatic carbocycles. The second-order valence-electron chi connectivity index (χ2n) is 8.22. The van der Waals surface area contributed by atoms with E-state index >= 15 is 0 Å². The van der Waals surface area contributed by atoms with Crippen LogP contribution < -0.4 is 4.31 Å². The molecule has 5 rings (SSSR count). The lowest BCUT2D eigenvalue weighted by Crippen LogP contribution is -2.30. The van der Waals surface area contributed by atoms with E-state index in [9.17, 15) is 9.47 Å². The molecule has 0 N–H and O–H groups in total. The third-order valence-electron chi connectivity index (χ3n) is 6.01. The van der Waals surface area contributed by atoms with Gasteiger partial charge in [-0.05, 0) is 64.2 Å². The van der Waals surface area contributed by atoms with E-state index in [0.717, 1.165) is 33.2 Å². The second kappa shape index (κ2) is 9.46. The smallest absolute Gasteiger partial charge is 0.0998 e. The summed E-state index contributed by atoms with van der Waals surface area (Å²) in [5.74, 6) is 4.18. The first kappa shape index (κ1) is 22.4. The largest absolute Gasteiger partial charge is 0.291 e. The average molecular weight is 474 g/mol. The maximum absolute atomic E-state index is 14.2. The minimum atomic E-state index is -2.89. The highest BCUT2D eigenvalue weighted by Crippen LogP contribution is 2.35. The van der Waals surface area contributed by atoms with Gasteiger partial charge in [0.2, 0.25) is 0 Å². The molecular weight excluding hydrogens is 450 g/mol. The predicted octanol–water partition coefficient (Wildman–Crippen LogP) is 6.47. The van der Waals surface area contributed by atoms with Crippen LogP contribution in [0.1, 0.15) is 11.1 Å². The molecule has 1 unspecified atom stereocenters. The Morgan fingerprint density at radius 1 is 0.857 bits per heavy atom. The normalized spacial score (nSPS) is 12.5. The molecular formula is C30H23N3OS. The summed E-state index contributed by atoms with van der Waals surface area (Å²) in [5.41, 5.74) is 3.94. The number of nitriles is 1. The lowest BCUT2D eigenvalue weighted by molar-refractivity contribution is 0.676. The molecule has 0 aliphatic rings. The summed E-state index contributed by atoms with van der Waals surface area (Å²) in [5, 5.41) is 12.1. The lowest BCUT2D eigenvalue weighted by Gasteiger charge is -2.29. The van der Waals surface area contributed by atoms with Crippen molar-refractivity contribution in [2.75, 3.05) is 4.31 Å². The van der Waals surface area contributed by atoms with Gasteiger partial charge in [0.1, 0.15) is 0 Å². The van der Waals surface area contributed by atoms with Gasteiger partial charge in [-0.2, -0.15) is 5.26 Å². The molecule has 1 aromatic heterocycles. The van der Waals surface area contributed by atoms with Crippen molar-refractivity contribution in [3.63, 3.8) is 0 Å². The summed E-state index contributed by atoms with van der Waals surface area (Å²) in [6, 6.07) is 35.2. The molecule has 4 aromatic carbocycles. The van der Waals surface area contributed by atoms with Gasteiger partial charge >= 0.3 is 0 Å². The molecule has 35 heavy (non-hydrogen) atoms. The maximum Gasteiger partial charge on any atom is 0.0998 e. The zero-order valence-corrected chi connectivity index (χ0v) is 19.9. The topological polar surface area (TPSA) is 57.0 Å². The van der Waals surface area contributed by atoms with Gasteiger partial charge < -0.3 is 0 Å². The van der Waals surface area contributed by atoms with Crippen LogP contribution in [0.5, 0.6) is 0 Å². The monoisotopic (exact) mass is 473 g/mol. The first-order valence-electron chi connectivity index (χ1n) is 11.2. The van der Waals surface area contributed by atoms with Crippen LogP contribution in [0.2, 0.25) is 0 Å². The number of pyridine rings is 1. The van der Waals surface area contributed by atoms with Gasteiger partial charge in [0.05, 0.1) is 33.6 Å². The van der Waals surface area contributed by atoms with Crippen molar-refractivity contribution < 1.29 is 4.21 Å². The van der Waals surface area contributed by atoms with Crippen molar-refractivity contribution in [3.8, 4) is 17.2 Å². The van der Waals surface area contributed by atoms with E-state index in [2.05, 4.69) is 35.1 Å². The SMILES string of the molecule is C=S(=O)(c1ccccc1)N(Cc1cccnc1)c1ccc(C#N)c(-c2cccc3ccccc23)c1. The number of anilines is 1. The molecule has 1 atom stereocenters. The molecule has 5 aromatic rings. The van der Waals surface area contributed by atoms with Crippen LogP contribution in [-0.4, -0.2) is 15.1 Å². The highest BCUT2D eigenvalue weighted by Gasteiger charge is 2.21. The van der Waals surface area contributed by atoms with Crippen molar-refractivity contribution in [2.45, 2.75) is 11.4 Å². The van der Waals surface area contributed by atoms with E-state index in [1.54, 1.807) is 18.5 Å². The van der Waals surface area contributed by atoms with Gasteiger partial charge in [-0.1, -0.05) is 66.7 Å². The molecule has 0 radical (unpaired) electrons. The number of hydrogen-bond donors (Lipinski definition) is 0. The Kier molecular flexibility index (Phi) is 6.05. The van der Waals surface area contributed by atoms with Crippen molar-refractivity contribution in [1.82, 2.24) is 4.98 Å². The fraction of sp³-hybridized carbons (Fsp3) is 0.0333. The van der Waals surface area contributed by atoms with Crippen molar-refractivity contribution in [3.05, 3.63) is 127 Å². The molecule has 0 bridgehead atoms. The Morgan fingerprint density at radius 3 is 2.40 bits per heavy atom. The summed E-state index contributed by atoms with van der Waals surface area (Å²) in [6.07, 6.45) is 3.48. The molecule has 170 valence electrons. The fourth-order valence-electron chi connectivity index (χ4n) is 4.25. The van der Waals surface area contributed by atoms with E-state index in [-0.39, 0.29) is 0 Å². The number of fused-ring (bicyclic) bond motifs is 1. The van der Waals surface area contributed by atoms with Crippen LogP contribution in [0.25, 0.3) is 21.9 Å². The van der Waals surface area contributed by atoms with Gasteiger partial charge in [0.15, 0.2) is 0 Å². The molecule has 0 saturated carbocycles. The lowest BCUT2D eigenvalue weighted by atomic mass is 9.94. The van der Waals surface area contributed by atoms with Crippen LogP contribution in [0.15, 0.2) is 120 Å². The van der Waals surface area contributed by atoms with Crippen LogP contribution in [0.3, 0.4) is 0 Å². The maximum atomic E-state index is 14.2. The standard InChI is InChI=1S/C30H23N3OS/c1-35(34,27-12-3-2-4-13-27)33(22-23-9-8-18-32-21-23)26-17-16-25(20-31)30(19-26)29-15-7-11-24-10-5-6-14-28(24)29/h2-19,21H,1,22H2. The van der Waals surface area contributed by atoms with Crippen LogP contribution in [0, 0.1) is 11.3 Å². The Balaban J connectivity index is 1.71. The zero-order valence-electron chi connectivity index (χ0n) is 19.0. The second-order valence-corrected chi connectivity index (χ2v) is 10.4. The highest BCUT2D eigenvalue weighted by molar-refractivity contribution is 8.01. The van der Waals surface area contributed by atoms with Crippen molar-refractivity contribution >= 4 is 32.0 Å². The van der Waals surface area contributed by atoms with E-state index in [1.807, 2.05) is 83.2 Å². The summed E-state index contributed by atoms with van der Waals surface area (Å²) < 4.78 is 16.1. The Labute approximate surface area is 205 Å². The van der Waals surface area contributed by atoms with Crippen LogP contribution >= 0.6 is 0 Å². The van der Waals surface area contributed by atoms with Crippen LogP contribution in [0.4, 0.5) is 5.69 Å². The van der Waals surface area contributed by atoms with Gasteiger partial charge in [-0.3, -0.25) is 9.29 Å². The Bertz CT molecular complexity index is 1640. The number of nitrogens with zero attached hydrogens (tertiary/aromatic N) is 3.